The molecule has 1 aliphatic carbocycles. The first kappa shape index (κ1) is 19.9. The van der Waals surface area contributed by atoms with Crippen LogP contribution in [-0.2, 0) is 17.6 Å². The van der Waals surface area contributed by atoms with Gasteiger partial charge in [-0.25, -0.2) is 0 Å². The molecule has 1 aromatic heterocycles. The fourth-order valence-corrected chi connectivity index (χ4v) is 5.07. The summed E-state index contributed by atoms with van der Waals surface area (Å²) in [5.41, 5.74) is 7.64. The number of rotatable bonds is 4. The smallest absolute Gasteiger partial charge is 0.251 e. The van der Waals surface area contributed by atoms with Crippen LogP contribution in [0.1, 0.15) is 52.0 Å². The number of fused-ring (bicyclic) bond motifs is 1. The molecule has 4 nitrogen and oxygen atoms in total. The summed E-state index contributed by atoms with van der Waals surface area (Å²) >= 11 is 13.7. The molecular weight excluding hydrogens is 403 g/mol. The van der Waals surface area contributed by atoms with E-state index in [1.165, 1.54) is 23.8 Å². The van der Waals surface area contributed by atoms with Crippen LogP contribution in [0.4, 0.5) is 5.00 Å². The lowest BCUT2D eigenvalue weighted by atomic mass is 9.96. The minimum absolute atomic E-state index is 0.359. The SMILES string of the molecule is NC(=O)c1c(NC(=O)/C=C/c2c(Cl)cccc2Cl)sc2c1CCCCCC2. The summed E-state index contributed by atoms with van der Waals surface area (Å²) in [5.74, 6) is -0.857. The van der Waals surface area contributed by atoms with Crippen LogP contribution in [0.25, 0.3) is 6.08 Å². The van der Waals surface area contributed by atoms with Crippen LogP contribution >= 0.6 is 34.5 Å². The van der Waals surface area contributed by atoms with Gasteiger partial charge >= 0.3 is 0 Å². The van der Waals surface area contributed by atoms with Gasteiger partial charge in [-0.3, -0.25) is 9.59 Å². The molecule has 0 atom stereocenters. The number of benzene rings is 1. The van der Waals surface area contributed by atoms with Crippen molar-refractivity contribution >= 4 is 57.4 Å². The summed E-state index contributed by atoms with van der Waals surface area (Å²) in [6.45, 7) is 0. The van der Waals surface area contributed by atoms with Gasteiger partial charge in [0.25, 0.3) is 5.91 Å². The molecule has 142 valence electrons. The lowest BCUT2D eigenvalue weighted by Crippen LogP contribution is -2.17. The van der Waals surface area contributed by atoms with Gasteiger partial charge < -0.3 is 11.1 Å². The summed E-state index contributed by atoms with van der Waals surface area (Å²) in [7, 11) is 0. The monoisotopic (exact) mass is 422 g/mol. The van der Waals surface area contributed by atoms with Crippen LogP contribution in [-0.4, -0.2) is 11.8 Å². The third kappa shape index (κ3) is 4.72. The van der Waals surface area contributed by atoms with E-state index in [9.17, 15) is 9.59 Å². The van der Waals surface area contributed by atoms with Gasteiger partial charge in [0.15, 0.2) is 0 Å². The van der Waals surface area contributed by atoms with Crippen molar-refractivity contribution in [2.75, 3.05) is 5.32 Å². The number of hydrogen-bond donors (Lipinski definition) is 2. The van der Waals surface area contributed by atoms with Gasteiger partial charge in [-0.1, -0.05) is 42.1 Å². The second-order valence-corrected chi connectivity index (χ2v) is 8.36. The second-order valence-electron chi connectivity index (χ2n) is 6.44. The van der Waals surface area contributed by atoms with Crippen LogP contribution in [0, 0.1) is 0 Å². The lowest BCUT2D eigenvalue weighted by molar-refractivity contribution is -0.111. The van der Waals surface area contributed by atoms with Crippen LogP contribution in [0.15, 0.2) is 24.3 Å². The van der Waals surface area contributed by atoms with Gasteiger partial charge in [0.1, 0.15) is 5.00 Å². The van der Waals surface area contributed by atoms with Gasteiger partial charge in [-0.05, 0) is 49.5 Å². The van der Waals surface area contributed by atoms with Gasteiger partial charge in [0.2, 0.25) is 5.91 Å². The van der Waals surface area contributed by atoms with Gasteiger partial charge in [-0.2, -0.15) is 0 Å². The highest BCUT2D eigenvalue weighted by Gasteiger charge is 2.23. The van der Waals surface area contributed by atoms with E-state index in [0.29, 0.717) is 26.2 Å². The molecule has 0 saturated carbocycles. The maximum atomic E-state index is 12.4. The molecule has 0 radical (unpaired) electrons. The van der Waals surface area contributed by atoms with E-state index in [4.69, 9.17) is 28.9 Å². The first-order valence-corrected chi connectivity index (χ1v) is 10.4. The van der Waals surface area contributed by atoms with Crippen LogP contribution in [0.5, 0.6) is 0 Å². The number of halogens is 2. The fourth-order valence-electron chi connectivity index (χ4n) is 3.25. The fraction of sp³-hybridized carbons (Fsp3) is 0.300. The molecule has 3 rings (SSSR count). The first-order chi connectivity index (χ1) is 13.0. The molecule has 2 amide bonds. The zero-order valence-electron chi connectivity index (χ0n) is 14.7. The minimum Gasteiger partial charge on any atom is -0.365 e. The molecule has 0 aliphatic heterocycles. The average Bonchev–Trinajstić information content (AvgIpc) is 2.91. The van der Waals surface area contributed by atoms with Crippen molar-refractivity contribution in [3.63, 3.8) is 0 Å². The standard InChI is InChI=1S/C20H20Cl2N2O2S/c21-14-7-5-8-15(22)12(14)10-11-17(25)24-20-18(19(23)26)13-6-3-1-2-4-9-16(13)27-20/h5,7-8,10-11H,1-4,6,9H2,(H2,23,26)(H,24,25)/b11-10+. The number of nitrogens with one attached hydrogen (secondary N) is 1. The molecule has 7 heteroatoms. The Morgan fingerprint density at radius 2 is 1.74 bits per heavy atom. The van der Waals surface area contributed by atoms with Crippen LogP contribution in [0.2, 0.25) is 10.0 Å². The maximum Gasteiger partial charge on any atom is 0.251 e. The Kier molecular flexibility index (Phi) is 6.58. The van der Waals surface area contributed by atoms with Crippen LogP contribution in [0.3, 0.4) is 0 Å². The summed E-state index contributed by atoms with van der Waals surface area (Å²) < 4.78 is 0. The number of amides is 2. The summed E-state index contributed by atoms with van der Waals surface area (Å²) in [6, 6.07) is 5.15. The lowest BCUT2D eigenvalue weighted by Gasteiger charge is -2.10. The number of aryl methyl sites for hydroxylation is 1. The molecule has 1 heterocycles. The number of thiophene rings is 1. The first-order valence-electron chi connectivity index (χ1n) is 8.84. The third-order valence-electron chi connectivity index (χ3n) is 4.56. The Morgan fingerprint density at radius 1 is 1.07 bits per heavy atom. The van der Waals surface area contributed by atoms with E-state index in [1.807, 2.05) is 0 Å². The van der Waals surface area contributed by atoms with Crippen molar-refractivity contribution in [2.45, 2.75) is 38.5 Å². The van der Waals surface area contributed by atoms with E-state index in [1.54, 1.807) is 24.3 Å². The third-order valence-corrected chi connectivity index (χ3v) is 6.42. The van der Waals surface area contributed by atoms with Crippen molar-refractivity contribution in [2.24, 2.45) is 5.73 Å². The number of hydrogen-bond acceptors (Lipinski definition) is 3. The Bertz CT molecular complexity index is 885. The average molecular weight is 423 g/mol. The second kappa shape index (κ2) is 8.91. The topological polar surface area (TPSA) is 72.2 Å². The highest BCUT2D eigenvalue weighted by atomic mass is 35.5. The van der Waals surface area contributed by atoms with Crippen molar-refractivity contribution in [1.82, 2.24) is 0 Å². The number of primary amides is 1. The molecule has 0 bridgehead atoms. The Labute approximate surface area is 172 Å². The highest BCUT2D eigenvalue weighted by Crippen LogP contribution is 2.37. The zero-order valence-corrected chi connectivity index (χ0v) is 17.0. The summed E-state index contributed by atoms with van der Waals surface area (Å²) in [6.07, 6.45) is 9.12. The van der Waals surface area contributed by atoms with Gasteiger partial charge in [0.05, 0.1) is 5.56 Å². The predicted octanol–water partition coefficient (Wildman–Crippen LogP) is 5.46. The normalized spacial score (nSPS) is 14.4. The van der Waals surface area contributed by atoms with E-state index in [2.05, 4.69) is 5.32 Å². The van der Waals surface area contributed by atoms with Gasteiger partial charge in [0, 0.05) is 26.6 Å². The maximum absolute atomic E-state index is 12.4. The quantitative estimate of drug-likeness (QED) is 0.641. The van der Waals surface area contributed by atoms with E-state index in [-0.39, 0.29) is 5.91 Å². The summed E-state index contributed by atoms with van der Waals surface area (Å²) in [5, 5.41) is 4.25. The molecule has 1 aliphatic rings. The number of carbonyl (C=O) groups is 2. The van der Waals surface area contributed by atoms with Crippen molar-refractivity contribution in [3.8, 4) is 0 Å². The number of carbonyl (C=O) groups excluding carboxylic acids is 2. The molecule has 1 aromatic carbocycles. The van der Waals surface area contributed by atoms with Crippen molar-refractivity contribution < 1.29 is 9.59 Å². The molecule has 0 spiro atoms. The zero-order chi connectivity index (χ0) is 19.4. The van der Waals surface area contributed by atoms with Crippen molar-refractivity contribution in [1.29, 1.82) is 0 Å². The molecule has 3 N–H and O–H groups in total. The largest absolute Gasteiger partial charge is 0.365 e. The Hall–Kier alpha value is -1.82. The van der Waals surface area contributed by atoms with E-state index < -0.39 is 5.91 Å². The van der Waals surface area contributed by atoms with Crippen LogP contribution < -0.4 is 11.1 Å². The number of nitrogens with two attached hydrogens (primary N) is 1. The predicted molar refractivity (Wildman–Crippen MR) is 113 cm³/mol. The molecule has 0 saturated heterocycles. The number of anilines is 1. The molecule has 27 heavy (non-hydrogen) atoms. The summed E-state index contributed by atoms with van der Waals surface area (Å²) in [4.78, 5) is 25.6. The molecule has 0 fully saturated rings. The Balaban J connectivity index is 1.84. The van der Waals surface area contributed by atoms with E-state index in [0.717, 1.165) is 42.5 Å². The molecule has 0 unspecified atom stereocenters. The highest BCUT2D eigenvalue weighted by molar-refractivity contribution is 7.17. The molecule has 2 aromatic rings. The Morgan fingerprint density at radius 3 is 2.41 bits per heavy atom. The van der Waals surface area contributed by atoms with Gasteiger partial charge in [-0.15, -0.1) is 11.3 Å². The molecular formula is C20H20Cl2N2O2S. The minimum atomic E-state index is -0.499. The van der Waals surface area contributed by atoms with E-state index >= 15 is 0 Å². The van der Waals surface area contributed by atoms with Crippen molar-refractivity contribution in [3.05, 3.63) is 55.9 Å².